The predicted molar refractivity (Wildman–Crippen MR) is 134 cm³/mol. The Balaban J connectivity index is 1.56. The summed E-state index contributed by atoms with van der Waals surface area (Å²) in [6, 6.07) is 14.4. The first-order chi connectivity index (χ1) is 16.4. The molecule has 0 radical (unpaired) electrons. The largest absolute Gasteiger partial charge is 0.497 e. The lowest BCUT2D eigenvalue weighted by molar-refractivity contribution is 0.100. The number of ether oxygens (including phenoxy) is 2. The van der Waals surface area contributed by atoms with Crippen LogP contribution in [0.25, 0.3) is 11.3 Å². The van der Waals surface area contributed by atoms with Crippen LogP contribution in [0.4, 0.5) is 5.69 Å². The monoisotopic (exact) mass is 463 g/mol. The molecule has 2 heterocycles. The second kappa shape index (κ2) is 10.2. The van der Waals surface area contributed by atoms with Gasteiger partial charge in [0.1, 0.15) is 11.5 Å². The van der Waals surface area contributed by atoms with Gasteiger partial charge in [-0.2, -0.15) is 5.10 Å². The van der Waals surface area contributed by atoms with Gasteiger partial charge in [0.25, 0.3) is 0 Å². The van der Waals surface area contributed by atoms with E-state index in [-0.39, 0.29) is 0 Å². The summed E-state index contributed by atoms with van der Waals surface area (Å²) in [5, 5.41) is 11.2. The minimum absolute atomic E-state index is 0.384. The first-order valence-electron chi connectivity index (χ1n) is 11.6. The van der Waals surface area contributed by atoms with Crippen molar-refractivity contribution in [3.05, 3.63) is 59.3 Å². The standard InChI is InChI=1S/C26H33N5O3/c1-16-14-31(15-17(2)28-16)20-7-8-23(26(27)32)24(12-20)25-11-19(29-30-25)6-5-18-9-21(33-3)13-22(10-18)34-4/h7-13,16-17,28H,5-6,14-15H2,1-4H3,(H2,27,32)(H,29,30). The number of aromatic amines is 1. The van der Waals surface area contributed by atoms with Crippen molar-refractivity contribution in [2.75, 3.05) is 32.2 Å². The number of aromatic nitrogens is 2. The van der Waals surface area contributed by atoms with Gasteiger partial charge in [0.15, 0.2) is 0 Å². The summed E-state index contributed by atoms with van der Waals surface area (Å²) in [5.74, 6) is 1.06. The molecule has 8 heteroatoms. The Labute approximate surface area is 200 Å². The highest BCUT2D eigenvalue weighted by Crippen LogP contribution is 2.29. The van der Waals surface area contributed by atoms with E-state index < -0.39 is 5.91 Å². The van der Waals surface area contributed by atoms with Crippen molar-refractivity contribution < 1.29 is 14.3 Å². The molecule has 1 saturated heterocycles. The Morgan fingerprint density at radius 3 is 2.32 bits per heavy atom. The number of piperazine rings is 1. The zero-order chi connectivity index (χ0) is 24.2. The number of H-pyrrole nitrogens is 1. The summed E-state index contributed by atoms with van der Waals surface area (Å²) in [5.41, 5.74) is 10.8. The van der Waals surface area contributed by atoms with Gasteiger partial charge in [-0.1, -0.05) is 0 Å². The van der Waals surface area contributed by atoms with Crippen LogP contribution >= 0.6 is 0 Å². The Kier molecular flexibility index (Phi) is 7.07. The van der Waals surface area contributed by atoms with Crippen LogP contribution in [-0.2, 0) is 12.8 Å². The highest BCUT2D eigenvalue weighted by atomic mass is 16.5. The fraction of sp³-hybridized carbons (Fsp3) is 0.385. The zero-order valence-electron chi connectivity index (χ0n) is 20.2. The molecule has 2 aromatic carbocycles. The third-order valence-corrected chi connectivity index (χ3v) is 6.19. The van der Waals surface area contributed by atoms with Gasteiger partial charge in [-0.3, -0.25) is 9.89 Å². The number of rotatable bonds is 8. The molecule has 0 bridgehead atoms. The molecule has 8 nitrogen and oxygen atoms in total. The van der Waals surface area contributed by atoms with Crippen LogP contribution in [0, 0.1) is 0 Å². The van der Waals surface area contributed by atoms with Crippen molar-refractivity contribution in [1.82, 2.24) is 15.5 Å². The number of aryl methyl sites for hydroxylation is 2. The average Bonchev–Trinajstić information content (AvgIpc) is 3.30. The SMILES string of the molecule is COc1cc(CCc2cc(-c3cc(N4CC(C)NC(C)C4)ccc3C(N)=O)n[nH]2)cc(OC)c1. The molecule has 1 aliphatic heterocycles. The summed E-state index contributed by atoms with van der Waals surface area (Å²) in [4.78, 5) is 14.5. The molecule has 2 unspecified atom stereocenters. The summed E-state index contributed by atoms with van der Waals surface area (Å²) < 4.78 is 10.7. The molecule has 1 aromatic heterocycles. The van der Waals surface area contributed by atoms with E-state index in [2.05, 4.69) is 34.3 Å². The van der Waals surface area contributed by atoms with Gasteiger partial charge in [0, 0.05) is 53.7 Å². The maximum Gasteiger partial charge on any atom is 0.249 e. The smallest absolute Gasteiger partial charge is 0.249 e. The van der Waals surface area contributed by atoms with Gasteiger partial charge in [-0.25, -0.2) is 0 Å². The molecular weight excluding hydrogens is 430 g/mol. The Hall–Kier alpha value is -3.52. The molecule has 180 valence electrons. The van der Waals surface area contributed by atoms with Crippen molar-refractivity contribution >= 4 is 11.6 Å². The number of hydrogen-bond acceptors (Lipinski definition) is 6. The van der Waals surface area contributed by atoms with Crippen LogP contribution in [0.5, 0.6) is 11.5 Å². The van der Waals surface area contributed by atoms with E-state index in [0.717, 1.165) is 59.9 Å². The van der Waals surface area contributed by atoms with E-state index in [9.17, 15) is 4.79 Å². The molecule has 4 N–H and O–H groups in total. The second-order valence-corrected chi connectivity index (χ2v) is 8.97. The van der Waals surface area contributed by atoms with Crippen LogP contribution in [0.3, 0.4) is 0 Å². The fourth-order valence-electron chi connectivity index (χ4n) is 4.61. The van der Waals surface area contributed by atoms with Gasteiger partial charge in [-0.15, -0.1) is 0 Å². The lowest BCUT2D eigenvalue weighted by Crippen LogP contribution is -2.54. The Morgan fingerprint density at radius 2 is 1.71 bits per heavy atom. The Bertz CT molecular complexity index is 1130. The minimum Gasteiger partial charge on any atom is -0.497 e. The van der Waals surface area contributed by atoms with Gasteiger partial charge in [0.2, 0.25) is 5.91 Å². The molecule has 0 aliphatic carbocycles. The predicted octanol–water partition coefficient (Wildman–Crippen LogP) is 3.16. The van der Waals surface area contributed by atoms with Crippen molar-refractivity contribution in [3.8, 4) is 22.8 Å². The van der Waals surface area contributed by atoms with E-state index in [1.54, 1.807) is 20.3 Å². The topological polar surface area (TPSA) is 106 Å². The lowest BCUT2D eigenvalue weighted by Gasteiger charge is -2.38. The maximum absolute atomic E-state index is 12.2. The summed E-state index contributed by atoms with van der Waals surface area (Å²) in [6.07, 6.45) is 1.54. The van der Waals surface area contributed by atoms with E-state index in [0.29, 0.717) is 23.3 Å². The number of methoxy groups -OCH3 is 2. The average molecular weight is 464 g/mol. The molecule has 0 saturated carbocycles. The highest BCUT2D eigenvalue weighted by Gasteiger charge is 2.23. The molecule has 3 aromatic rings. The molecule has 1 fully saturated rings. The number of primary amides is 1. The number of carbonyl (C=O) groups excluding carboxylic acids is 1. The maximum atomic E-state index is 12.2. The molecule has 1 amide bonds. The summed E-state index contributed by atoms with van der Waals surface area (Å²) >= 11 is 0. The number of nitrogens with two attached hydrogens (primary N) is 1. The van der Waals surface area contributed by atoms with Crippen LogP contribution in [0.15, 0.2) is 42.5 Å². The van der Waals surface area contributed by atoms with E-state index in [1.165, 1.54) is 0 Å². The molecule has 34 heavy (non-hydrogen) atoms. The number of nitrogens with zero attached hydrogens (tertiary/aromatic N) is 2. The number of carbonyl (C=O) groups is 1. The molecular formula is C26H33N5O3. The van der Waals surface area contributed by atoms with Crippen LogP contribution in [0.2, 0.25) is 0 Å². The Morgan fingerprint density at radius 1 is 1.03 bits per heavy atom. The van der Waals surface area contributed by atoms with Gasteiger partial charge in [-0.05, 0) is 68.7 Å². The van der Waals surface area contributed by atoms with Crippen molar-refractivity contribution in [2.24, 2.45) is 5.73 Å². The number of amides is 1. The van der Waals surface area contributed by atoms with Crippen LogP contribution in [0.1, 0.15) is 35.5 Å². The van der Waals surface area contributed by atoms with Gasteiger partial charge >= 0.3 is 0 Å². The summed E-state index contributed by atoms with van der Waals surface area (Å²) in [7, 11) is 3.29. The first kappa shape index (κ1) is 23.6. The highest BCUT2D eigenvalue weighted by molar-refractivity contribution is 6.00. The lowest BCUT2D eigenvalue weighted by atomic mass is 10.0. The van der Waals surface area contributed by atoms with Crippen molar-refractivity contribution in [1.29, 1.82) is 0 Å². The quantitative estimate of drug-likeness (QED) is 0.474. The number of nitrogens with one attached hydrogen (secondary N) is 2. The van der Waals surface area contributed by atoms with Crippen LogP contribution in [-0.4, -0.2) is 55.5 Å². The molecule has 1 aliphatic rings. The number of anilines is 1. The van der Waals surface area contributed by atoms with Gasteiger partial charge < -0.3 is 25.4 Å². The number of hydrogen-bond donors (Lipinski definition) is 3. The number of benzene rings is 2. The summed E-state index contributed by atoms with van der Waals surface area (Å²) in [6.45, 7) is 6.16. The minimum atomic E-state index is -0.461. The van der Waals surface area contributed by atoms with E-state index >= 15 is 0 Å². The van der Waals surface area contributed by atoms with Crippen molar-refractivity contribution in [3.63, 3.8) is 0 Å². The third kappa shape index (κ3) is 5.34. The molecule has 2 atom stereocenters. The van der Waals surface area contributed by atoms with Crippen molar-refractivity contribution in [2.45, 2.75) is 38.8 Å². The van der Waals surface area contributed by atoms with Gasteiger partial charge in [0.05, 0.1) is 19.9 Å². The van der Waals surface area contributed by atoms with E-state index in [1.807, 2.05) is 36.4 Å². The first-order valence-corrected chi connectivity index (χ1v) is 11.6. The zero-order valence-corrected chi connectivity index (χ0v) is 20.2. The molecule has 0 spiro atoms. The normalized spacial score (nSPS) is 18.1. The molecule has 4 rings (SSSR count). The second-order valence-electron chi connectivity index (χ2n) is 8.97. The van der Waals surface area contributed by atoms with E-state index in [4.69, 9.17) is 15.2 Å². The van der Waals surface area contributed by atoms with Crippen LogP contribution < -0.4 is 25.4 Å². The third-order valence-electron chi connectivity index (χ3n) is 6.19. The fourth-order valence-corrected chi connectivity index (χ4v) is 4.61.